The van der Waals surface area contributed by atoms with E-state index < -0.39 is 66.7 Å². The quantitative estimate of drug-likeness (QED) is 0.0749. The number of hydrogen-bond donors (Lipinski definition) is 5. The molecule has 15 nitrogen and oxygen atoms in total. The zero-order chi connectivity index (χ0) is 30.9. The summed E-state index contributed by atoms with van der Waals surface area (Å²) in [5.74, 6) is -1.14. The highest BCUT2D eigenvalue weighted by molar-refractivity contribution is 5.96. The number of likely N-dealkylation sites (N-methyl/N-ethyl adjacent to an activating group) is 1. The van der Waals surface area contributed by atoms with Gasteiger partial charge in [0.25, 0.3) is 0 Å². The van der Waals surface area contributed by atoms with Gasteiger partial charge in [-0.3, -0.25) is 28.8 Å². The van der Waals surface area contributed by atoms with Gasteiger partial charge in [0, 0.05) is 30.8 Å². The summed E-state index contributed by atoms with van der Waals surface area (Å²) >= 11 is 0. The number of carbonyl (C=O) groups is 6. The van der Waals surface area contributed by atoms with Crippen molar-refractivity contribution in [3.8, 4) is 12.3 Å². The van der Waals surface area contributed by atoms with Crippen LogP contribution < -0.4 is 26.6 Å². The molecule has 1 aromatic rings. The van der Waals surface area contributed by atoms with Crippen molar-refractivity contribution in [2.24, 2.45) is 5.11 Å². The van der Waals surface area contributed by atoms with E-state index in [9.17, 15) is 28.8 Å². The van der Waals surface area contributed by atoms with Crippen LogP contribution >= 0.6 is 0 Å². The molecule has 0 radical (unpaired) electrons. The second-order valence-electron chi connectivity index (χ2n) is 9.30. The Hall–Kier alpha value is -5.09. The average Bonchev–Trinajstić information content (AvgIpc) is 3.48. The molecule has 42 heavy (non-hydrogen) atoms. The van der Waals surface area contributed by atoms with Gasteiger partial charge < -0.3 is 31.5 Å². The van der Waals surface area contributed by atoms with Crippen molar-refractivity contribution in [3.63, 3.8) is 0 Å². The fourth-order valence-electron chi connectivity index (χ4n) is 4.24. The predicted molar refractivity (Wildman–Crippen MR) is 151 cm³/mol. The molecular formula is C27H35N9O6. The van der Waals surface area contributed by atoms with E-state index in [4.69, 9.17) is 12.0 Å². The molecule has 0 aliphatic carbocycles. The molecule has 1 aliphatic heterocycles. The Bertz CT molecular complexity index is 1230. The molecule has 6 amide bonds. The van der Waals surface area contributed by atoms with Crippen LogP contribution in [-0.4, -0.2) is 91.2 Å². The molecule has 0 bridgehead atoms. The minimum Gasteiger partial charge on any atom is -0.355 e. The summed E-state index contributed by atoms with van der Waals surface area (Å²) < 4.78 is 0. The minimum atomic E-state index is -1.16. The Labute approximate surface area is 243 Å². The fraction of sp³-hybridized carbons (Fsp3) is 0.481. The SMILES string of the molecule is C#CCC(NC(=O)C(Cc1ccccc1)NC(=O)C1CCCN1C(=O)CNC(=O)CN=[N+]=[N-])C(=O)NCC(=O)NCC. The number of likely N-dealkylation sites (tertiary alicyclic amines) is 1. The summed E-state index contributed by atoms with van der Waals surface area (Å²) in [6.45, 7) is 1.23. The maximum Gasteiger partial charge on any atom is 0.244 e. The lowest BCUT2D eigenvalue weighted by molar-refractivity contribution is -0.139. The van der Waals surface area contributed by atoms with Crippen LogP contribution in [0.4, 0.5) is 0 Å². The highest BCUT2D eigenvalue weighted by Crippen LogP contribution is 2.18. The zero-order valence-electron chi connectivity index (χ0n) is 23.3. The van der Waals surface area contributed by atoms with Crippen LogP contribution in [0.15, 0.2) is 35.4 Å². The number of terminal acetylenes is 1. The van der Waals surface area contributed by atoms with Gasteiger partial charge in [0.2, 0.25) is 35.4 Å². The van der Waals surface area contributed by atoms with Crippen LogP contribution in [0, 0.1) is 12.3 Å². The lowest BCUT2D eigenvalue weighted by Crippen LogP contribution is -2.57. The molecule has 0 spiro atoms. The lowest BCUT2D eigenvalue weighted by Gasteiger charge is -2.27. The van der Waals surface area contributed by atoms with Crippen LogP contribution in [0.2, 0.25) is 0 Å². The Morgan fingerprint density at radius 1 is 1.02 bits per heavy atom. The van der Waals surface area contributed by atoms with Gasteiger partial charge in [0.1, 0.15) is 24.7 Å². The van der Waals surface area contributed by atoms with Gasteiger partial charge in [-0.05, 0) is 30.9 Å². The normalized spacial score (nSPS) is 15.1. The first-order chi connectivity index (χ1) is 20.2. The second kappa shape index (κ2) is 17.6. The van der Waals surface area contributed by atoms with E-state index in [1.165, 1.54) is 4.90 Å². The maximum atomic E-state index is 13.4. The molecule has 3 unspecified atom stereocenters. The smallest absolute Gasteiger partial charge is 0.244 e. The number of carbonyl (C=O) groups excluding carboxylic acids is 6. The molecular weight excluding hydrogens is 546 g/mol. The van der Waals surface area contributed by atoms with Crippen LogP contribution in [0.25, 0.3) is 10.4 Å². The number of azide groups is 1. The molecule has 1 heterocycles. The Kier molecular flexibility index (Phi) is 13.9. The zero-order valence-corrected chi connectivity index (χ0v) is 23.3. The fourth-order valence-corrected chi connectivity index (χ4v) is 4.24. The first kappa shape index (κ1) is 33.1. The molecule has 5 N–H and O–H groups in total. The van der Waals surface area contributed by atoms with Crippen LogP contribution in [0.3, 0.4) is 0 Å². The van der Waals surface area contributed by atoms with Crippen molar-refractivity contribution in [1.82, 2.24) is 31.5 Å². The Morgan fingerprint density at radius 2 is 1.76 bits per heavy atom. The second-order valence-corrected chi connectivity index (χ2v) is 9.30. The third-order valence-corrected chi connectivity index (χ3v) is 6.26. The van der Waals surface area contributed by atoms with Gasteiger partial charge in [-0.25, -0.2) is 0 Å². The molecule has 2 rings (SSSR count). The molecule has 0 aromatic heterocycles. The summed E-state index contributed by atoms with van der Waals surface area (Å²) in [7, 11) is 0. The molecule has 1 aromatic carbocycles. The highest BCUT2D eigenvalue weighted by atomic mass is 16.2. The Balaban J connectivity index is 2.13. The van der Waals surface area contributed by atoms with Crippen molar-refractivity contribution in [1.29, 1.82) is 0 Å². The van der Waals surface area contributed by atoms with E-state index in [2.05, 4.69) is 42.5 Å². The number of amides is 6. The summed E-state index contributed by atoms with van der Waals surface area (Å²) in [6, 6.07) is 5.71. The summed E-state index contributed by atoms with van der Waals surface area (Å²) in [4.78, 5) is 79.4. The number of benzene rings is 1. The standard InChI is InChI=1S/C27H35N9O6/c1-3-9-19(25(40)31-15-22(37)29-4-2)33-26(41)20(14-18-10-6-5-7-11-18)34-27(42)21-12-8-13-36(21)24(39)17-30-23(38)16-32-35-28/h1,5-7,10-11,19-21H,4,8-9,12-17H2,2H3,(H,29,37)(H,30,38)(H,31,40)(H,33,41)(H,34,42). The molecule has 15 heteroatoms. The van der Waals surface area contributed by atoms with E-state index in [1.807, 2.05) is 0 Å². The molecule has 0 saturated carbocycles. The van der Waals surface area contributed by atoms with Crippen molar-refractivity contribution in [2.75, 3.05) is 32.7 Å². The number of rotatable bonds is 15. The van der Waals surface area contributed by atoms with Gasteiger partial charge in [-0.1, -0.05) is 35.4 Å². The van der Waals surface area contributed by atoms with E-state index >= 15 is 0 Å². The highest BCUT2D eigenvalue weighted by Gasteiger charge is 2.36. The average molecular weight is 582 g/mol. The van der Waals surface area contributed by atoms with Crippen molar-refractivity contribution in [2.45, 2.75) is 50.7 Å². The summed E-state index contributed by atoms with van der Waals surface area (Å²) in [5, 5.41) is 15.7. The third-order valence-electron chi connectivity index (χ3n) is 6.26. The lowest BCUT2D eigenvalue weighted by atomic mass is 10.0. The van der Waals surface area contributed by atoms with Crippen molar-refractivity contribution < 1.29 is 28.8 Å². The Morgan fingerprint density at radius 3 is 2.43 bits per heavy atom. The molecule has 224 valence electrons. The maximum absolute atomic E-state index is 13.4. The van der Waals surface area contributed by atoms with Gasteiger partial charge >= 0.3 is 0 Å². The topological polar surface area (TPSA) is 215 Å². The van der Waals surface area contributed by atoms with E-state index in [-0.39, 0.29) is 25.9 Å². The van der Waals surface area contributed by atoms with Crippen LogP contribution in [0.1, 0.15) is 31.7 Å². The summed E-state index contributed by atoms with van der Waals surface area (Å²) in [6.07, 6.45) is 6.20. The first-order valence-corrected chi connectivity index (χ1v) is 13.4. The minimum absolute atomic E-state index is 0.0812. The van der Waals surface area contributed by atoms with E-state index in [1.54, 1.807) is 37.3 Å². The van der Waals surface area contributed by atoms with Gasteiger partial charge in [0.15, 0.2) is 0 Å². The van der Waals surface area contributed by atoms with Gasteiger partial charge in [-0.15, -0.1) is 12.3 Å². The summed E-state index contributed by atoms with van der Waals surface area (Å²) in [5.41, 5.74) is 9.05. The van der Waals surface area contributed by atoms with E-state index in [0.29, 0.717) is 19.4 Å². The number of nitrogens with one attached hydrogen (secondary N) is 5. The first-order valence-electron chi connectivity index (χ1n) is 13.4. The van der Waals surface area contributed by atoms with Gasteiger partial charge in [-0.2, -0.15) is 0 Å². The van der Waals surface area contributed by atoms with Crippen LogP contribution in [0.5, 0.6) is 0 Å². The van der Waals surface area contributed by atoms with Crippen molar-refractivity contribution >= 4 is 35.4 Å². The van der Waals surface area contributed by atoms with Crippen molar-refractivity contribution in [3.05, 3.63) is 46.3 Å². The molecule has 1 fully saturated rings. The number of nitrogens with zero attached hydrogens (tertiary/aromatic N) is 4. The van der Waals surface area contributed by atoms with Crippen LogP contribution in [-0.2, 0) is 35.2 Å². The molecule has 1 saturated heterocycles. The molecule has 1 aliphatic rings. The van der Waals surface area contributed by atoms with Gasteiger partial charge in [0.05, 0.1) is 13.1 Å². The van der Waals surface area contributed by atoms with E-state index in [0.717, 1.165) is 5.56 Å². The third kappa shape index (κ3) is 10.8. The largest absolute Gasteiger partial charge is 0.355 e. The monoisotopic (exact) mass is 581 g/mol. The number of hydrogen-bond acceptors (Lipinski definition) is 7. The molecule has 3 atom stereocenters. The predicted octanol–water partition coefficient (Wildman–Crippen LogP) is -1.11.